The van der Waals surface area contributed by atoms with E-state index in [-0.39, 0.29) is 11.6 Å². The second-order valence-corrected chi connectivity index (χ2v) is 6.19. The fourth-order valence-electron chi connectivity index (χ4n) is 3.48. The molecular formula is C15H19N5O3. The lowest BCUT2D eigenvalue weighted by atomic mass is 9.93. The van der Waals surface area contributed by atoms with Gasteiger partial charge in [-0.15, -0.1) is 0 Å². The van der Waals surface area contributed by atoms with Crippen LogP contribution in [-0.4, -0.2) is 57.7 Å². The first-order valence-corrected chi connectivity index (χ1v) is 7.83. The van der Waals surface area contributed by atoms with Crippen LogP contribution in [0.25, 0.3) is 11.2 Å². The van der Waals surface area contributed by atoms with E-state index in [9.17, 15) is 4.79 Å². The topological polar surface area (TPSA) is 84.6 Å². The minimum Gasteiger partial charge on any atom is -0.447 e. The van der Waals surface area contributed by atoms with Gasteiger partial charge >= 0.3 is 6.09 Å². The summed E-state index contributed by atoms with van der Waals surface area (Å²) in [6.45, 7) is 8.13. The molecule has 23 heavy (non-hydrogen) atoms. The van der Waals surface area contributed by atoms with Gasteiger partial charge in [0.25, 0.3) is 5.71 Å². The molecule has 1 amide bonds. The lowest BCUT2D eigenvalue weighted by Gasteiger charge is -2.44. The minimum atomic E-state index is -0.292. The summed E-state index contributed by atoms with van der Waals surface area (Å²) < 4.78 is 10.8. The van der Waals surface area contributed by atoms with Gasteiger partial charge in [0.2, 0.25) is 0 Å². The SMILES string of the molecule is CCC12COC(=O)N1CCN(c1nc(C)nc3oc(C)nc13)C2. The molecule has 122 valence electrons. The van der Waals surface area contributed by atoms with E-state index in [2.05, 4.69) is 26.8 Å². The molecule has 2 aliphatic rings. The summed E-state index contributed by atoms with van der Waals surface area (Å²) >= 11 is 0. The summed E-state index contributed by atoms with van der Waals surface area (Å²) in [6, 6.07) is 0. The Morgan fingerprint density at radius 3 is 2.83 bits per heavy atom. The molecule has 4 heterocycles. The van der Waals surface area contributed by atoms with Crippen molar-refractivity contribution in [3.63, 3.8) is 0 Å². The Morgan fingerprint density at radius 1 is 1.22 bits per heavy atom. The molecule has 2 aromatic heterocycles. The van der Waals surface area contributed by atoms with E-state index in [4.69, 9.17) is 9.15 Å². The van der Waals surface area contributed by atoms with Crippen molar-refractivity contribution >= 4 is 23.1 Å². The summed E-state index contributed by atoms with van der Waals surface area (Å²) in [7, 11) is 0. The Hall–Kier alpha value is -2.38. The average Bonchev–Trinajstić information content (AvgIpc) is 3.06. The molecule has 0 saturated carbocycles. The normalized spacial score (nSPS) is 24.2. The number of hydrogen-bond acceptors (Lipinski definition) is 7. The quantitative estimate of drug-likeness (QED) is 0.832. The zero-order chi connectivity index (χ0) is 16.2. The average molecular weight is 317 g/mol. The van der Waals surface area contributed by atoms with E-state index < -0.39 is 0 Å². The van der Waals surface area contributed by atoms with Crippen molar-refractivity contribution in [2.24, 2.45) is 0 Å². The smallest absolute Gasteiger partial charge is 0.410 e. The fourth-order valence-corrected chi connectivity index (χ4v) is 3.48. The first-order valence-electron chi connectivity index (χ1n) is 7.83. The van der Waals surface area contributed by atoms with Gasteiger partial charge in [-0.05, 0) is 13.3 Å². The predicted molar refractivity (Wildman–Crippen MR) is 82.4 cm³/mol. The van der Waals surface area contributed by atoms with Gasteiger partial charge < -0.3 is 14.1 Å². The molecule has 0 aromatic carbocycles. The number of ether oxygens (including phenoxy) is 1. The largest absolute Gasteiger partial charge is 0.447 e. The van der Waals surface area contributed by atoms with Crippen LogP contribution in [0.5, 0.6) is 0 Å². The van der Waals surface area contributed by atoms with Crippen molar-refractivity contribution in [3.05, 3.63) is 11.7 Å². The van der Waals surface area contributed by atoms with Crippen molar-refractivity contribution < 1.29 is 13.9 Å². The van der Waals surface area contributed by atoms with Crippen LogP contribution in [0, 0.1) is 13.8 Å². The highest BCUT2D eigenvalue weighted by atomic mass is 16.6. The standard InChI is InChI=1S/C15H19N5O3/c1-4-15-7-19(5-6-20(15)14(21)22-8-15)12-11-13(17-9(2)16-12)23-10(3)18-11/h4-8H2,1-3H3. The summed E-state index contributed by atoms with van der Waals surface area (Å²) in [6.07, 6.45) is 0.619. The maximum absolute atomic E-state index is 11.9. The number of amides is 1. The molecule has 0 bridgehead atoms. The predicted octanol–water partition coefficient (Wildman–Crippen LogP) is 1.66. The number of oxazole rings is 1. The number of fused-ring (bicyclic) bond motifs is 2. The lowest BCUT2D eigenvalue weighted by Crippen LogP contribution is -2.61. The maximum atomic E-state index is 11.9. The maximum Gasteiger partial charge on any atom is 0.410 e. The number of aryl methyl sites for hydroxylation is 2. The molecule has 0 N–H and O–H groups in total. The molecule has 2 saturated heterocycles. The summed E-state index contributed by atoms with van der Waals surface area (Å²) in [5.41, 5.74) is 0.897. The van der Waals surface area contributed by atoms with E-state index in [1.165, 1.54) is 0 Å². The number of carbonyl (C=O) groups excluding carboxylic acids is 1. The van der Waals surface area contributed by atoms with Crippen LogP contribution in [0.1, 0.15) is 25.1 Å². The number of aromatic nitrogens is 3. The van der Waals surface area contributed by atoms with Gasteiger partial charge in [-0.25, -0.2) is 14.8 Å². The molecule has 8 heteroatoms. The van der Waals surface area contributed by atoms with Crippen LogP contribution in [0.2, 0.25) is 0 Å². The van der Waals surface area contributed by atoms with Gasteiger partial charge in [-0.2, -0.15) is 4.98 Å². The van der Waals surface area contributed by atoms with Crippen molar-refractivity contribution in [2.45, 2.75) is 32.7 Å². The van der Waals surface area contributed by atoms with E-state index in [1.54, 1.807) is 6.92 Å². The highest BCUT2D eigenvalue weighted by Gasteiger charge is 2.50. The number of rotatable bonds is 2. The Labute approximate surface area is 133 Å². The zero-order valence-electron chi connectivity index (χ0n) is 13.5. The van der Waals surface area contributed by atoms with Gasteiger partial charge in [0.1, 0.15) is 12.4 Å². The van der Waals surface area contributed by atoms with Gasteiger partial charge in [0, 0.05) is 26.6 Å². The van der Waals surface area contributed by atoms with Gasteiger partial charge in [0.15, 0.2) is 17.2 Å². The number of nitrogens with zero attached hydrogens (tertiary/aromatic N) is 5. The zero-order valence-corrected chi connectivity index (χ0v) is 13.5. The number of cyclic esters (lactones) is 1. The molecule has 8 nitrogen and oxygen atoms in total. The van der Waals surface area contributed by atoms with E-state index in [0.717, 1.165) is 12.2 Å². The van der Waals surface area contributed by atoms with Crippen LogP contribution in [0.4, 0.5) is 10.6 Å². The summed E-state index contributed by atoms with van der Waals surface area (Å²) in [4.78, 5) is 29.3. The Morgan fingerprint density at radius 2 is 2.04 bits per heavy atom. The molecular weight excluding hydrogens is 298 g/mol. The molecule has 4 rings (SSSR count). The number of anilines is 1. The molecule has 1 unspecified atom stereocenters. The Bertz CT molecular complexity index is 789. The van der Waals surface area contributed by atoms with Crippen LogP contribution < -0.4 is 4.90 Å². The third kappa shape index (κ3) is 2.04. The van der Waals surface area contributed by atoms with Crippen LogP contribution in [0.15, 0.2) is 4.42 Å². The number of hydrogen-bond donors (Lipinski definition) is 0. The molecule has 2 fully saturated rings. The number of piperazine rings is 1. The van der Waals surface area contributed by atoms with Gasteiger partial charge in [0.05, 0.1) is 5.54 Å². The fraction of sp³-hybridized carbons (Fsp3) is 0.600. The second kappa shape index (κ2) is 4.81. The minimum absolute atomic E-state index is 0.215. The number of carbonyl (C=O) groups is 1. The van der Waals surface area contributed by atoms with Crippen molar-refractivity contribution in [1.82, 2.24) is 19.9 Å². The highest BCUT2D eigenvalue weighted by molar-refractivity contribution is 5.82. The third-order valence-electron chi connectivity index (χ3n) is 4.75. The van der Waals surface area contributed by atoms with Crippen molar-refractivity contribution in [2.75, 3.05) is 31.1 Å². The molecule has 1 atom stereocenters. The van der Waals surface area contributed by atoms with Gasteiger partial charge in [-0.1, -0.05) is 6.92 Å². The monoisotopic (exact) mass is 317 g/mol. The van der Waals surface area contributed by atoms with E-state index in [0.29, 0.717) is 49.2 Å². The Kier molecular flexibility index (Phi) is 2.97. The van der Waals surface area contributed by atoms with E-state index >= 15 is 0 Å². The van der Waals surface area contributed by atoms with Gasteiger partial charge in [-0.3, -0.25) is 4.90 Å². The van der Waals surface area contributed by atoms with Crippen molar-refractivity contribution in [1.29, 1.82) is 0 Å². The lowest BCUT2D eigenvalue weighted by molar-refractivity contribution is 0.137. The first kappa shape index (κ1) is 14.2. The molecule has 0 aliphatic carbocycles. The van der Waals surface area contributed by atoms with Crippen LogP contribution in [-0.2, 0) is 4.74 Å². The second-order valence-electron chi connectivity index (χ2n) is 6.19. The van der Waals surface area contributed by atoms with Crippen molar-refractivity contribution in [3.8, 4) is 0 Å². The highest BCUT2D eigenvalue weighted by Crippen LogP contribution is 2.35. The van der Waals surface area contributed by atoms with Crippen LogP contribution >= 0.6 is 0 Å². The Balaban J connectivity index is 1.76. The summed E-state index contributed by atoms with van der Waals surface area (Å²) in [5, 5.41) is 0. The van der Waals surface area contributed by atoms with Crippen LogP contribution in [0.3, 0.4) is 0 Å². The first-order chi connectivity index (χ1) is 11.0. The van der Waals surface area contributed by atoms with E-state index in [1.807, 2.05) is 11.8 Å². The molecule has 0 radical (unpaired) electrons. The molecule has 0 spiro atoms. The third-order valence-corrected chi connectivity index (χ3v) is 4.75. The molecule has 2 aromatic rings. The molecule has 2 aliphatic heterocycles. The summed E-state index contributed by atoms with van der Waals surface area (Å²) in [5.74, 6) is 2.00.